The van der Waals surface area contributed by atoms with Gasteiger partial charge in [0.2, 0.25) is 0 Å². The van der Waals surface area contributed by atoms with Crippen LogP contribution in [-0.4, -0.2) is 17.8 Å². The average molecular weight is 506 g/mol. The van der Waals surface area contributed by atoms with Gasteiger partial charge in [-0.2, -0.15) is 0 Å². The van der Waals surface area contributed by atoms with Crippen molar-refractivity contribution in [1.82, 2.24) is 4.57 Å². The van der Waals surface area contributed by atoms with Crippen molar-refractivity contribution in [2.45, 2.75) is 19.1 Å². The van der Waals surface area contributed by atoms with Gasteiger partial charge in [-0.15, -0.1) is 0 Å². The molecule has 1 heterocycles. The topological polar surface area (TPSA) is 40.2 Å². The third-order valence-corrected chi connectivity index (χ3v) is 5.84. The lowest BCUT2D eigenvalue weighted by molar-refractivity contribution is 0.299. The molecule has 0 aliphatic carbocycles. The summed E-state index contributed by atoms with van der Waals surface area (Å²) < 4.78 is 24.4. The summed E-state index contributed by atoms with van der Waals surface area (Å²) in [4.78, 5) is 0. The first kappa shape index (κ1) is 19.3. The number of nitrogens with two attached hydrogens (primary N) is 1. The summed E-state index contributed by atoms with van der Waals surface area (Å²) in [5.74, 6) is 0.647. The summed E-state index contributed by atoms with van der Waals surface area (Å²) in [7, 11) is 1.58. The summed E-state index contributed by atoms with van der Waals surface area (Å²) in [5.41, 5.74) is 9.35. The first-order valence-corrected chi connectivity index (χ1v) is 10.5. The summed E-state index contributed by atoms with van der Waals surface area (Å²) in [5, 5.41) is 2.20. The van der Waals surface area contributed by atoms with Crippen molar-refractivity contribution in [3.05, 3.63) is 69.1 Å². The van der Waals surface area contributed by atoms with Crippen LogP contribution in [0.3, 0.4) is 0 Å². The Bertz CT molecular complexity index is 1110. The van der Waals surface area contributed by atoms with E-state index < -0.39 is 6.17 Å². The van der Waals surface area contributed by atoms with Crippen LogP contribution in [0.2, 0.25) is 0 Å². The van der Waals surface area contributed by atoms with Crippen molar-refractivity contribution >= 4 is 59.4 Å². The SMILES string of the molecule is COc1cc(N)cc(CC(F)Cn2c3ccc(Br)cc3c3cc(Br)ccc32)c1. The Morgan fingerprint density at radius 2 is 1.57 bits per heavy atom. The highest BCUT2D eigenvalue weighted by Crippen LogP contribution is 2.33. The monoisotopic (exact) mass is 504 g/mol. The number of fused-ring (bicyclic) bond motifs is 3. The maximum absolute atomic E-state index is 15.1. The van der Waals surface area contributed by atoms with E-state index >= 15 is 4.39 Å². The van der Waals surface area contributed by atoms with Crippen LogP contribution in [0.1, 0.15) is 5.56 Å². The molecule has 0 aliphatic rings. The van der Waals surface area contributed by atoms with E-state index in [1.165, 1.54) is 0 Å². The van der Waals surface area contributed by atoms with Gasteiger partial charge >= 0.3 is 0 Å². The molecule has 6 heteroatoms. The molecule has 0 fully saturated rings. The second-order valence-corrected chi connectivity index (χ2v) is 8.68. The highest BCUT2D eigenvalue weighted by Gasteiger charge is 2.16. The van der Waals surface area contributed by atoms with Crippen LogP contribution < -0.4 is 10.5 Å². The number of aromatic nitrogens is 1. The molecule has 0 spiro atoms. The molecule has 0 saturated carbocycles. The van der Waals surface area contributed by atoms with Gasteiger partial charge in [0.1, 0.15) is 11.9 Å². The first-order valence-electron chi connectivity index (χ1n) is 8.89. The van der Waals surface area contributed by atoms with Gasteiger partial charge in [0.05, 0.1) is 13.7 Å². The molecule has 0 radical (unpaired) electrons. The van der Waals surface area contributed by atoms with Gasteiger partial charge in [-0.3, -0.25) is 0 Å². The maximum atomic E-state index is 15.1. The summed E-state index contributed by atoms with van der Waals surface area (Å²) in [6.45, 7) is 0.264. The lowest BCUT2D eigenvalue weighted by Gasteiger charge is -2.13. The third kappa shape index (κ3) is 3.76. The van der Waals surface area contributed by atoms with E-state index in [2.05, 4.69) is 48.6 Å². The minimum Gasteiger partial charge on any atom is -0.497 e. The van der Waals surface area contributed by atoms with Crippen molar-refractivity contribution in [2.24, 2.45) is 0 Å². The lowest BCUT2D eigenvalue weighted by atomic mass is 10.1. The molecule has 1 unspecified atom stereocenters. The van der Waals surface area contributed by atoms with Crippen LogP contribution in [0.4, 0.5) is 10.1 Å². The predicted molar refractivity (Wildman–Crippen MR) is 121 cm³/mol. The van der Waals surface area contributed by atoms with Gasteiger partial charge in [0.15, 0.2) is 0 Å². The van der Waals surface area contributed by atoms with E-state index in [1.54, 1.807) is 19.2 Å². The Hall–Kier alpha value is -2.05. The van der Waals surface area contributed by atoms with E-state index in [0.29, 0.717) is 11.4 Å². The van der Waals surface area contributed by atoms with E-state index in [1.807, 2.05) is 30.3 Å². The fourth-order valence-electron chi connectivity index (χ4n) is 3.69. The van der Waals surface area contributed by atoms with Crippen molar-refractivity contribution in [3.63, 3.8) is 0 Å². The number of rotatable bonds is 5. The number of ether oxygens (including phenoxy) is 1. The standard InChI is InChI=1S/C22H19Br2FN2O/c1-28-18-8-13(7-17(26)11-18)6-16(25)12-27-21-4-2-14(23)9-19(21)20-10-15(24)3-5-22(20)27/h2-5,7-11,16H,6,12,26H2,1H3. The molecular formula is C22H19Br2FN2O. The Morgan fingerprint density at radius 3 is 2.14 bits per heavy atom. The first-order chi connectivity index (χ1) is 13.4. The van der Waals surface area contributed by atoms with Crippen LogP contribution in [-0.2, 0) is 13.0 Å². The normalized spacial score (nSPS) is 12.6. The highest BCUT2D eigenvalue weighted by molar-refractivity contribution is 9.10. The number of halogens is 3. The summed E-state index contributed by atoms with van der Waals surface area (Å²) >= 11 is 7.09. The van der Waals surface area contributed by atoms with Crippen LogP contribution in [0.25, 0.3) is 21.8 Å². The Balaban J connectivity index is 1.71. The number of anilines is 1. The molecular weight excluding hydrogens is 487 g/mol. The Kier molecular flexibility index (Phi) is 5.34. The van der Waals surface area contributed by atoms with E-state index in [-0.39, 0.29) is 13.0 Å². The van der Waals surface area contributed by atoms with Crippen molar-refractivity contribution in [2.75, 3.05) is 12.8 Å². The van der Waals surface area contributed by atoms with Crippen LogP contribution in [0, 0.1) is 0 Å². The summed E-state index contributed by atoms with van der Waals surface area (Å²) in [6, 6.07) is 17.6. The molecule has 3 aromatic carbocycles. The second-order valence-electron chi connectivity index (χ2n) is 6.85. The lowest BCUT2D eigenvalue weighted by Crippen LogP contribution is -2.14. The van der Waals surface area contributed by atoms with Gasteiger partial charge in [-0.1, -0.05) is 31.9 Å². The second kappa shape index (κ2) is 7.76. The Morgan fingerprint density at radius 1 is 0.964 bits per heavy atom. The maximum Gasteiger partial charge on any atom is 0.122 e. The number of hydrogen-bond donors (Lipinski definition) is 1. The number of nitrogens with zero attached hydrogens (tertiary/aromatic N) is 1. The zero-order chi connectivity index (χ0) is 19.8. The molecule has 3 nitrogen and oxygen atoms in total. The van der Waals surface area contributed by atoms with Crippen molar-refractivity contribution in [1.29, 1.82) is 0 Å². The third-order valence-electron chi connectivity index (χ3n) is 4.85. The van der Waals surface area contributed by atoms with Crippen LogP contribution in [0.15, 0.2) is 63.5 Å². The molecule has 1 atom stereocenters. The highest BCUT2D eigenvalue weighted by atomic mass is 79.9. The van der Waals surface area contributed by atoms with Crippen LogP contribution in [0.5, 0.6) is 5.75 Å². The molecule has 0 aliphatic heterocycles. The molecule has 0 bridgehead atoms. The van der Waals surface area contributed by atoms with E-state index in [0.717, 1.165) is 36.3 Å². The number of methoxy groups -OCH3 is 1. The molecule has 28 heavy (non-hydrogen) atoms. The summed E-state index contributed by atoms with van der Waals surface area (Å²) in [6.07, 6.45) is -0.784. The van der Waals surface area contributed by atoms with Gasteiger partial charge in [0.25, 0.3) is 0 Å². The quantitative estimate of drug-likeness (QED) is 0.315. The van der Waals surface area contributed by atoms with E-state index in [9.17, 15) is 0 Å². The van der Waals surface area contributed by atoms with Crippen molar-refractivity contribution < 1.29 is 9.13 Å². The largest absolute Gasteiger partial charge is 0.497 e. The molecule has 1 aromatic heterocycles. The minimum atomic E-state index is -1.06. The zero-order valence-corrected chi connectivity index (χ0v) is 18.4. The average Bonchev–Trinajstić information content (AvgIpc) is 2.93. The molecule has 0 saturated heterocycles. The molecule has 4 rings (SSSR count). The molecule has 4 aromatic rings. The van der Waals surface area contributed by atoms with E-state index in [4.69, 9.17) is 10.5 Å². The van der Waals surface area contributed by atoms with Crippen LogP contribution >= 0.6 is 31.9 Å². The number of nitrogen functional groups attached to an aromatic ring is 1. The van der Waals surface area contributed by atoms with Gasteiger partial charge in [-0.25, -0.2) is 4.39 Å². The number of benzene rings is 3. The fraction of sp³-hybridized carbons (Fsp3) is 0.182. The smallest absolute Gasteiger partial charge is 0.122 e. The molecule has 0 amide bonds. The number of alkyl halides is 1. The molecule has 144 valence electrons. The minimum absolute atomic E-state index is 0.264. The Labute approximate surface area is 179 Å². The fourth-order valence-corrected chi connectivity index (χ4v) is 4.41. The number of hydrogen-bond acceptors (Lipinski definition) is 2. The van der Waals surface area contributed by atoms with Gasteiger partial charge in [-0.05, 0) is 54.1 Å². The zero-order valence-electron chi connectivity index (χ0n) is 15.3. The van der Waals surface area contributed by atoms with Gasteiger partial charge in [0, 0.05) is 48.9 Å². The van der Waals surface area contributed by atoms with Gasteiger partial charge < -0.3 is 15.0 Å². The van der Waals surface area contributed by atoms with Crippen molar-refractivity contribution in [3.8, 4) is 5.75 Å². The molecule has 2 N–H and O–H groups in total. The predicted octanol–water partition coefficient (Wildman–Crippen LogP) is 6.49.